The Bertz CT molecular complexity index is 274. The second kappa shape index (κ2) is 8.97. The fraction of sp³-hybridized carbons (Fsp3) is 0.714. The van der Waals surface area contributed by atoms with E-state index >= 15 is 0 Å². The summed E-state index contributed by atoms with van der Waals surface area (Å²) in [5.74, 6) is 0.757. The van der Waals surface area contributed by atoms with Crippen molar-refractivity contribution >= 4 is 5.95 Å². The lowest BCUT2D eigenvalue weighted by Crippen LogP contribution is -2.19. The molecule has 0 radical (unpaired) electrons. The van der Waals surface area contributed by atoms with Gasteiger partial charge in [0.05, 0.1) is 0 Å². The molecule has 0 saturated carbocycles. The second-order valence-corrected chi connectivity index (χ2v) is 4.52. The Morgan fingerprint density at radius 1 is 1.06 bits per heavy atom. The van der Waals surface area contributed by atoms with Crippen LogP contribution in [0.25, 0.3) is 0 Å². The number of anilines is 1. The highest BCUT2D eigenvalue weighted by Gasteiger charge is 2.06. The van der Waals surface area contributed by atoms with Gasteiger partial charge >= 0.3 is 0 Å². The predicted octanol–water partition coefficient (Wildman–Crippen LogP) is 4.03. The van der Waals surface area contributed by atoms with Crippen molar-refractivity contribution in [3.63, 3.8) is 0 Å². The average molecular weight is 235 g/mol. The van der Waals surface area contributed by atoms with Crippen molar-refractivity contribution in [1.29, 1.82) is 0 Å². The fourth-order valence-corrected chi connectivity index (χ4v) is 1.93. The van der Waals surface area contributed by atoms with Gasteiger partial charge < -0.3 is 5.32 Å². The number of nitrogens with one attached hydrogen (secondary N) is 1. The van der Waals surface area contributed by atoms with E-state index in [2.05, 4.69) is 29.1 Å². The largest absolute Gasteiger partial charge is 0.352 e. The van der Waals surface area contributed by atoms with E-state index in [9.17, 15) is 0 Å². The maximum Gasteiger partial charge on any atom is 0.222 e. The van der Waals surface area contributed by atoms with Crippen LogP contribution in [0, 0.1) is 0 Å². The maximum absolute atomic E-state index is 4.20. The summed E-state index contributed by atoms with van der Waals surface area (Å²) in [6.07, 6.45) is 12.6. The SMILES string of the molecule is CCCCCCCC(CC)Nc1ncccn1. The van der Waals surface area contributed by atoms with Crippen LogP contribution in [0.15, 0.2) is 18.5 Å². The third kappa shape index (κ3) is 6.25. The normalized spacial score (nSPS) is 12.4. The Hall–Kier alpha value is -1.12. The van der Waals surface area contributed by atoms with Gasteiger partial charge in [0.1, 0.15) is 0 Å². The van der Waals surface area contributed by atoms with Crippen molar-refractivity contribution in [2.45, 2.75) is 64.8 Å². The highest BCUT2D eigenvalue weighted by Crippen LogP contribution is 2.12. The standard InChI is InChI=1S/C14H25N3/c1-3-5-6-7-8-10-13(4-2)17-14-15-11-9-12-16-14/h9,11-13H,3-8,10H2,1-2H3,(H,15,16,17). The van der Waals surface area contributed by atoms with Gasteiger partial charge in [0, 0.05) is 18.4 Å². The van der Waals surface area contributed by atoms with Gasteiger partial charge in [-0.25, -0.2) is 9.97 Å². The first-order valence-corrected chi connectivity index (χ1v) is 6.90. The quantitative estimate of drug-likeness (QED) is 0.657. The molecule has 1 rings (SSSR count). The Morgan fingerprint density at radius 3 is 2.41 bits per heavy atom. The minimum Gasteiger partial charge on any atom is -0.352 e. The van der Waals surface area contributed by atoms with Gasteiger partial charge in [0.2, 0.25) is 5.95 Å². The molecule has 0 aromatic carbocycles. The molecule has 0 fully saturated rings. The summed E-state index contributed by atoms with van der Waals surface area (Å²) in [5.41, 5.74) is 0. The molecule has 1 N–H and O–H groups in total. The van der Waals surface area contributed by atoms with Gasteiger partial charge in [0.25, 0.3) is 0 Å². The zero-order valence-electron chi connectivity index (χ0n) is 11.2. The third-order valence-electron chi connectivity index (χ3n) is 3.05. The molecular formula is C14H25N3. The third-order valence-corrected chi connectivity index (χ3v) is 3.05. The Morgan fingerprint density at radius 2 is 1.76 bits per heavy atom. The Kier molecular flexibility index (Phi) is 7.35. The van der Waals surface area contributed by atoms with Gasteiger partial charge in [-0.2, -0.15) is 0 Å². The summed E-state index contributed by atoms with van der Waals surface area (Å²) < 4.78 is 0. The monoisotopic (exact) mass is 235 g/mol. The summed E-state index contributed by atoms with van der Waals surface area (Å²) in [6.45, 7) is 4.47. The van der Waals surface area contributed by atoms with Crippen molar-refractivity contribution in [2.75, 3.05) is 5.32 Å². The molecule has 1 unspecified atom stereocenters. The molecule has 1 atom stereocenters. The van der Waals surface area contributed by atoms with E-state index in [1.54, 1.807) is 12.4 Å². The summed E-state index contributed by atoms with van der Waals surface area (Å²) in [4.78, 5) is 8.40. The topological polar surface area (TPSA) is 37.8 Å². The first kappa shape index (κ1) is 13.9. The van der Waals surface area contributed by atoms with Crippen LogP contribution in [0.2, 0.25) is 0 Å². The van der Waals surface area contributed by atoms with Crippen molar-refractivity contribution in [1.82, 2.24) is 9.97 Å². The van der Waals surface area contributed by atoms with Crippen LogP contribution >= 0.6 is 0 Å². The molecule has 0 spiro atoms. The lowest BCUT2D eigenvalue weighted by Gasteiger charge is -2.16. The van der Waals surface area contributed by atoms with E-state index in [-0.39, 0.29) is 0 Å². The number of unbranched alkanes of at least 4 members (excludes halogenated alkanes) is 4. The Labute approximate surface area is 105 Å². The number of aromatic nitrogens is 2. The van der Waals surface area contributed by atoms with Crippen molar-refractivity contribution in [3.8, 4) is 0 Å². The molecule has 0 bridgehead atoms. The van der Waals surface area contributed by atoms with Crippen LogP contribution in [0.1, 0.15) is 58.8 Å². The zero-order chi connectivity index (χ0) is 12.3. The van der Waals surface area contributed by atoms with E-state index in [0.29, 0.717) is 6.04 Å². The van der Waals surface area contributed by atoms with Crippen LogP contribution < -0.4 is 5.32 Å². The van der Waals surface area contributed by atoms with Crippen LogP contribution in [-0.4, -0.2) is 16.0 Å². The first-order valence-electron chi connectivity index (χ1n) is 6.90. The van der Waals surface area contributed by atoms with E-state index < -0.39 is 0 Å². The molecular weight excluding hydrogens is 210 g/mol. The van der Waals surface area contributed by atoms with Crippen LogP contribution in [-0.2, 0) is 0 Å². The molecule has 0 aliphatic rings. The molecule has 1 aromatic rings. The van der Waals surface area contributed by atoms with Crippen molar-refractivity contribution in [3.05, 3.63) is 18.5 Å². The number of hydrogen-bond acceptors (Lipinski definition) is 3. The highest BCUT2D eigenvalue weighted by atomic mass is 15.1. The number of nitrogens with zero attached hydrogens (tertiary/aromatic N) is 2. The van der Waals surface area contributed by atoms with Gasteiger partial charge in [-0.3, -0.25) is 0 Å². The molecule has 0 amide bonds. The van der Waals surface area contributed by atoms with Crippen LogP contribution in [0.5, 0.6) is 0 Å². The molecule has 3 heteroatoms. The summed E-state index contributed by atoms with van der Waals surface area (Å²) in [5, 5.41) is 3.40. The van der Waals surface area contributed by atoms with Crippen LogP contribution in [0.4, 0.5) is 5.95 Å². The molecule has 3 nitrogen and oxygen atoms in total. The molecule has 0 aliphatic carbocycles. The molecule has 1 heterocycles. The Balaban J connectivity index is 2.20. The lowest BCUT2D eigenvalue weighted by atomic mass is 10.0. The fourth-order valence-electron chi connectivity index (χ4n) is 1.93. The van der Waals surface area contributed by atoms with Crippen molar-refractivity contribution < 1.29 is 0 Å². The first-order chi connectivity index (χ1) is 8.36. The van der Waals surface area contributed by atoms with Crippen molar-refractivity contribution in [2.24, 2.45) is 0 Å². The highest BCUT2D eigenvalue weighted by molar-refractivity contribution is 5.23. The maximum atomic E-state index is 4.20. The summed E-state index contributed by atoms with van der Waals surface area (Å²) >= 11 is 0. The molecule has 1 aromatic heterocycles. The van der Waals surface area contributed by atoms with Gasteiger partial charge in [-0.05, 0) is 18.9 Å². The van der Waals surface area contributed by atoms with Crippen LogP contribution in [0.3, 0.4) is 0 Å². The molecule has 17 heavy (non-hydrogen) atoms. The van der Waals surface area contributed by atoms with E-state index in [1.165, 1.54) is 38.5 Å². The molecule has 0 saturated heterocycles. The second-order valence-electron chi connectivity index (χ2n) is 4.52. The van der Waals surface area contributed by atoms with E-state index in [0.717, 1.165) is 12.4 Å². The van der Waals surface area contributed by atoms with Gasteiger partial charge in [0.15, 0.2) is 0 Å². The van der Waals surface area contributed by atoms with Gasteiger partial charge in [-0.1, -0.05) is 46.0 Å². The minimum absolute atomic E-state index is 0.513. The predicted molar refractivity (Wildman–Crippen MR) is 73.1 cm³/mol. The number of hydrogen-bond donors (Lipinski definition) is 1. The average Bonchev–Trinajstić information content (AvgIpc) is 2.38. The number of rotatable bonds is 9. The van der Waals surface area contributed by atoms with Gasteiger partial charge in [-0.15, -0.1) is 0 Å². The van der Waals surface area contributed by atoms with E-state index in [4.69, 9.17) is 0 Å². The van der Waals surface area contributed by atoms with E-state index in [1.807, 2.05) is 6.07 Å². The smallest absolute Gasteiger partial charge is 0.222 e. The summed E-state index contributed by atoms with van der Waals surface area (Å²) in [7, 11) is 0. The zero-order valence-corrected chi connectivity index (χ0v) is 11.2. The molecule has 96 valence electrons. The molecule has 0 aliphatic heterocycles. The minimum atomic E-state index is 0.513. The summed E-state index contributed by atoms with van der Waals surface area (Å²) in [6, 6.07) is 2.36. The lowest BCUT2D eigenvalue weighted by molar-refractivity contribution is 0.549.